The van der Waals surface area contributed by atoms with Gasteiger partial charge in [-0.2, -0.15) is 5.10 Å². The molecular formula is C30H24N6S. The highest BCUT2D eigenvalue weighted by molar-refractivity contribution is 7.71. The first-order chi connectivity index (χ1) is 18.1. The second-order valence-electron chi connectivity index (χ2n) is 8.87. The predicted molar refractivity (Wildman–Crippen MR) is 152 cm³/mol. The molecule has 6 rings (SSSR count). The third kappa shape index (κ3) is 4.19. The number of hydrogen-bond acceptors (Lipinski definition) is 5. The molecular weight excluding hydrogens is 476 g/mol. The standard InChI is InChI=1S/C30H24N6S/c1-20-16-18-23(19-17-20)35-28-27(34-33-22-11-4-3-5-12-22)29(32-25-14-8-7-13-24(25)31-28)36(30(35)37)26-15-9-6-10-21(26)2/h3-19,33H,1-2H3/b34-27+. The van der Waals surface area contributed by atoms with Gasteiger partial charge < -0.3 is 0 Å². The Kier molecular flexibility index (Phi) is 5.82. The lowest BCUT2D eigenvalue weighted by molar-refractivity contribution is 0.881. The van der Waals surface area contributed by atoms with E-state index in [0.29, 0.717) is 21.4 Å². The van der Waals surface area contributed by atoms with Crippen molar-refractivity contribution in [1.29, 1.82) is 0 Å². The van der Waals surface area contributed by atoms with Gasteiger partial charge in [-0.05, 0) is 74.1 Å². The normalized spacial score (nSPS) is 11.8. The van der Waals surface area contributed by atoms with E-state index in [2.05, 4.69) is 55.7 Å². The van der Waals surface area contributed by atoms with Crippen LogP contribution in [0.5, 0.6) is 0 Å². The zero-order valence-corrected chi connectivity index (χ0v) is 21.3. The van der Waals surface area contributed by atoms with Crippen LogP contribution in [0.2, 0.25) is 0 Å². The highest BCUT2D eigenvalue weighted by Crippen LogP contribution is 2.22. The zero-order valence-electron chi connectivity index (χ0n) is 20.5. The molecule has 37 heavy (non-hydrogen) atoms. The van der Waals surface area contributed by atoms with Gasteiger partial charge in [0.2, 0.25) is 0 Å². The van der Waals surface area contributed by atoms with Crippen LogP contribution in [0.3, 0.4) is 0 Å². The highest BCUT2D eigenvalue weighted by Gasteiger charge is 2.17. The largest absolute Gasteiger partial charge is 0.278 e. The van der Waals surface area contributed by atoms with E-state index in [1.165, 1.54) is 0 Å². The Morgan fingerprint density at radius 1 is 0.676 bits per heavy atom. The van der Waals surface area contributed by atoms with Crippen LogP contribution in [0.1, 0.15) is 11.1 Å². The highest BCUT2D eigenvalue weighted by atomic mass is 32.1. The van der Waals surface area contributed by atoms with Gasteiger partial charge in [0.25, 0.3) is 0 Å². The molecule has 2 bridgehead atoms. The summed E-state index contributed by atoms with van der Waals surface area (Å²) in [5, 5.41) is 5.47. The summed E-state index contributed by atoms with van der Waals surface area (Å²) < 4.78 is 4.53. The van der Waals surface area contributed by atoms with E-state index in [1.54, 1.807) is 0 Å². The molecule has 7 heteroatoms. The van der Waals surface area contributed by atoms with Gasteiger partial charge in [-0.25, -0.2) is 9.97 Å². The molecule has 0 radical (unpaired) electrons. The van der Waals surface area contributed by atoms with Crippen LogP contribution in [0.25, 0.3) is 33.7 Å². The molecule has 4 aromatic carbocycles. The number of para-hydroxylation sites is 4. The van der Waals surface area contributed by atoms with E-state index < -0.39 is 0 Å². The summed E-state index contributed by atoms with van der Waals surface area (Å²) in [5.74, 6) is 0. The molecule has 0 unspecified atom stereocenters. The summed E-state index contributed by atoms with van der Waals surface area (Å²) in [4.78, 5) is 10.2. The smallest absolute Gasteiger partial charge is 0.192 e. The molecule has 6 nitrogen and oxygen atoms in total. The van der Waals surface area contributed by atoms with Crippen LogP contribution >= 0.6 is 12.2 Å². The maximum Gasteiger partial charge on any atom is 0.192 e. The van der Waals surface area contributed by atoms with Gasteiger partial charge in [-0.3, -0.25) is 14.6 Å². The molecule has 1 N–H and O–H groups in total. The lowest BCUT2D eigenvalue weighted by Gasteiger charge is -2.17. The molecule has 2 aromatic heterocycles. The van der Waals surface area contributed by atoms with Crippen molar-refractivity contribution < 1.29 is 0 Å². The SMILES string of the molecule is Cc1ccc(-n2c(=S)n(-c3ccccc3C)c3nc4ccccc4nc2/c3=N\Nc2ccccc2)cc1. The van der Waals surface area contributed by atoms with Gasteiger partial charge in [0, 0.05) is 5.69 Å². The number of rotatable bonds is 4. The van der Waals surface area contributed by atoms with Gasteiger partial charge in [0.05, 0.1) is 22.4 Å². The third-order valence-corrected chi connectivity index (χ3v) is 6.65. The molecule has 0 aliphatic carbocycles. The van der Waals surface area contributed by atoms with E-state index in [-0.39, 0.29) is 0 Å². The van der Waals surface area contributed by atoms with Crippen molar-refractivity contribution in [3.8, 4) is 11.4 Å². The minimum Gasteiger partial charge on any atom is -0.278 e. The number of benzene rings is 4. The Hall–Kier alpha value is -4.62. The fourth-order valence-electron chi connectivity index (χ4n) is 4.37. The molecule has 0 fully saturated rings. The monoisotopic (exact) mass is 500 g/mol. The molecule has 0 atom stereocenters. The molecule has 0 aliphatic heterocycles. The molecule has 0 spiro atoms. The molecule has 0 saturated heterocycles. The predicted octanol–water partition coefficient (Wildman–Crippen LogP) is 6.64. The summed E-state index contributed by atoms with van der Waals surface area (Å²) in [6.45, 7) is 4.14. The molecule has 0 saturated carbocycles. The lowest BCUT2D eigenvalue weighted by Crippen LogP contribution is -2.23. The third-order valence-electron chi connectivity index (χ3n) is 6.28. The van der Waals surface area contributed by atoms with Crippen molar-refractivity contribution >= 4 is 40.2 Å². The Morgan fingerprint density at radius 2 is 1.27 bits per heavy atom. The Labute approximate surface area is 219 Å². The minimum atomic E-state index is 0.558. The number of nitrogens with zero attached hydrogens (tertiary/aromatic N) is 5. The maximum absolute atomic E-state index is 6.18. The molecule has 180 valence electrons. The fraction of sp³-hybridized carbons (Fsp3) is 0.0667. The van der Waals surface area contributed by atoms with E-state index in [9.17, 15) is 0 Å². The van der Waals surface area contributed by atoms with Crippen molar-refractivity contribution in [3.05, 3.63) is 124 Å². The van der Waals surface area contributed by atoms with E-state index in [0.717, 1.165) is 39.2 Å². The van der Waals surface area contributed by atoms with Gasteiger partial charge in [-0.15, -0.1) is 0 Å². The van der Waals surface area contributed by atoms with Gasteiger partial charge in [0.1, 0.15) is 0 Å². The second-order valence-corrected chi connectivity index (χ2v) is 9.24. The average Bonchev–Trinajstić information content (AvgIpc) is 3.04. The average molecular weight is 501 g/mol. The van der Waals surface area contributed by atoms with Gasteiger partial charge in [-0.1, -0.05) is 66.2 Å². The van der Waals surface area contributed by atoms with Crippen LogP contribution in [0.4, 0.5) is 5.69 Å². The maximum atomic E-state index is 6.18. The zero-order chi connectivity index (χ0) is 25.4. The quantitative estimate of drug-likeness (QED) is 0.218. The summed E-state index contributed by atoms with van der Waals surface area (Å²) in [7, 11) is 0. The Bertz CT molecular complexity index is 1890. The first-order valence-electron chi connectivity index (χ1n) is 12.0. The summed E-state index contributed by atoms with van der Waals surface area (Å²) >= 11 is 6.18. The second kappa shape index (κ2) is 9.44. The number of nitrogens with one attached hydrogen (secondary N) is 1. The Balaban J connectivity index is 1.84. The summed E-state index contributed by atoms with van der Waals surface area (Å²) in [6, 6.07) is 34.1. The van der Waals surface area contributed by atoms with Crippen molar-refractivity contribution in [2.75, 3.05) is 5.43 Å². The van der Waals surface area contributed by atoms with Crippen LogP contribution < -0.4 is 10.8 Å². The first kappa shape index (κ1) is 22.8. The van der Waals surface area contributed by atoms with Crippen molar-refractivity contribution in [1.82, 2.24) is 19.1 Å². The van der Waals surface area contributed by atoms with Crippen LogP contribution in [-0.4, -0.2) is 19.1 Å². The number of fused-ring (bicyclic) bond motifs is 3. The topological polar surface area (TPSA) is 60.0 Å². The molecule has 2 heterocycles. The Morgan fingerprint density at radius 3 is 1.95 bits per heavy atom. The van der Waals surface area contributed by atoms with Crippen LogP contribution in [-0.2, 0) is 0 Å². The molecule has 6 aromatic rings. The van der Waals surface area contributed by atoms with Crippen LogP contribution in [0, 0.1) is 18.6 Å². The number of aryl methyl sites for hydroxylation is 2. The first-order valence-corrected chi connectivity index (χ1v) is 12.4. The van der Waals surface area contributed by atoms with Gasteiger partial charge >= 0.3 is 0 Å². The van der Waals surface area contributed by atoms with Gasteiger partial charge in [0.15, 0.2) is 21.4 Å². The van der Waals surface area contributed by atoms with E-state index in [4.69, 9.17) is 27.3 Å². The van der Waals surface area contributed by atoms with Crippen LogP contribution in [0.15, 0.2) is 108 Å². The lowest BCUT2D eigenvalue weighted by atomic mass is 10.2. The van der Waals surface area contributed by atoms with Crippen molar-refractivity contribution in [3.63, 3.8) is 0 Å². The fourth-order valence-corrected chi connectivity index (χ4v) is 4.75. The van der Waals surface area contributed by atoms with E-state index in [1.807, 2.05) is 75.9 Å². The minimum absolute atomic E-state index is 0.558. The summed E-state index contributed by atoms with van der Waals surface area (Å²) in [6.07, 6.45) is 0. The summed E-state index contributed by atoms with van der Waals surface area (Å²) in [5.41, 5.74) is 10.9. The molecule has 0 aliphatic rings. The van der Waals surface area contributed by atoms with Crippen molar-refractivity contribution in [2.45, 2.75) is 13.8 Å². The number of anilines is 1. The molecule has 0 amide bonds. The number of hydrogen-bond donors (Lipinski definition) is 1. The van der Waals surface area contributed by atoms with Crippen molar-refractivity contribution in [2.24, 2.45) is 5.10 Å². The van der Waals surface area contributed by atoms with E-state index >= 15 is 0 Å². The number of aromatic nitrogens is 4.